The number of carbonyl (C=O) groups is 4. The first-order chi connectivity index (χ1) is 48.5. The summed E-state index contributed by atoms with van der Waals surface area (Å²) in [7, 11) is 0. The lowest BCUT2D eigenvalue weighted by Crippen LogP contribution is -2.08. The minimum absolute atomic E-state index is 0.343. The van der Waals surface area contributed by atoms with Crippen molar-refractivity contribution in [1.82, 2.24) is 0 Å². The number of rotatable bonds is 32. The number of benzene rings is 10. The van der Waals surface area contributed by atoms with Crippen LogP contribution in [0.2, 0.25) is 0 Å². The molecule has 10 aromatic carbocycles. The maximum Gasteiger partial charge on any atom is 0.343 e. The molecule has 0 radical (unpaired) electrons. The van der Waals surface area contributed by atoms with E-state index in [1.807, 2.05) is 111 Å². The van der Waals surface area contributed by atoms with Crippen LogP contribution in [-0.2, 0) is 32.2 Å². The van der Waals surface area contributed by atoms with Gasteiger partial charge in [-0.25, -0.2) is 19.2 Å². The van der Waals surface area contributed by atoms with E-state index in [2.05, 4.69) is 94.5 Å². The minimum Gasteiger partial charge on any atom is -0.494 e. The van der Waals surface area contributed by atoms with Gasteiger partial charge in [-0.1, -0.05) is 121 Å². The van der Waals surface area contributed by atoms with E-state index in [4.69, 9.17) is 28.4 Å². The van der Waals surface area contributed by atoms with E-state index in [9.17, 15) is 19.2 Å². The van der Waals surface area contributed by atoms with Gasteiger partial charge in [0.1, 0.15) is 23.0 Å². The molecule has 10 rings (SSSR count). The Morgan fingerprint density at radius 1 is 0.360 bits per heavy atom. The third kappa shape index (κ3) is 22.3. The van der Waals surface area contributed by atoms with E-state index in [1.165, 1.54) is 11.1 Å². The van der Waals surface area contributed by atoms with E-state index in [-0.39, 0.29) is 11.9 Å². The van der Waals surface area contributed by atoms with Gasteiger partial charge in [-0.05, 0) is 224 Å². The van der Waals surface area contributed by atoms with Gasteiger partial charge in [0.05, 0.1) is 60.3 Å². The summed E-state index contributed by atoms with van der Waals surface area (Å²) in [6, 6.07) is 65.4. The summed E-state index contributed by atoms with van der Waals surface area (Å²) in [5, 5.41) is 29.4. The summed E-state index contributed by atoms with van der Waals surface area (Å²) in [6.45, 7) is 21.8. The van der Waals surface area contributed by atoms with Crippen LogP contribution in [0.25, 0.3) is 21.5 Å². The van der Waals surface area contributed by atoms with Crippen LogP contribution < -0.4 is 29.6 Å². The van der Waals surface area contributed by atoms with Gasteiger partial charge in [0, 0.05) is 57.2 Å². The average Bonchev–Trinajstić information content (AvgIpc) is 0.812. The number of aryl methyl sites for hydroxylation is 4. The van der Waals surface area contributed by atoms with Crippen molar-refractivity contribution in [2.45, 2.75) is 106 Å². The van der Waals surface area contributed by atoms with Gasteiger partial charge in [0.2, 0.25) is 0 Å². The summed E-state index contributed by atoms with van der Waals surface area (Å²) in [4.78, 5) is 48.3. The van der Waals surface area contributed by atoms with E-state index in [1.54, 1.807) is 86.6 Å². The van der Waals surface area contributed by atoms with Crippen molar-refractivity contribution in [2.75, 3.05) is 37.1 Å². The lowest BCUT2D eigenvalue weighted by Gasteiger charge is -2.12. The molecule has 0 saturated heterocycles. The van der Waals surface area contributed by atoms with Gasteiger partial charge >= 0.3 is 23.9 Å². The highest BCUT2D eigenvalue weighted by molar-refractivity contribution is 6.02. The zero-order valence-corrected chi connectivity index (χ0v) is 57.8. The van der Waals surface area contributed by atoms with E-state index < -0.39 is 11.9 Å². The predicted molar refractivity (Wildman–Crippen MR) is 398 cm³/mol. The molecular formula is C84H86N6O10. The molecule has 0 amide bonds. The summed E-state index contributed by atoms with van der Waals surface area (Å²) in [6.07, 6.45) is 7.22. The number of hydrogen-bond acceptors (Lipinski definition) is 16. The lowest BCUT2D eigenvalue weighted by molar-refractivity contribution is -0.139. The maximum absolute atomic E-state index is 12.8. The molecule has 16 heteroatoms. The SMILES string of the molecule is C=C(C)C(=O)OCCCCCCOc1ccc(C(=O)Oc2ccc(CNc3ccc(N=Nc4ccc(C)cc4C)c4ccccc34)cc2)cc1.C=C(C)C(=O)OCCCCCCOc1ccc(C(=O)Oc2ccc(CNc3ccc(N=Nc4ccc(C)cc4C)c4ccccc34)cc2)cc1. The highest BCUT2D eigenvalue weighted by atomic mass is 16.5. The third-order valence-electron chi connectivity index (χ3n) is 16.2. The van der Waals surface area contributed by atoms with Crippen LogP contribution in [0.3, 0.4) is 0 Å². The number of hydrogen-bond donors (Lipinski definition) is 2. The number of nitrogens with zero attached hydrogens (tertiary/aromatic N) is 4. The fourth-order valence-corrected chi connectivity index (χ4v) is 10.6. The summed E-state index contributed by atoms with van der Waals surface area (Å²) >= 11 is 0. The van der Waals surface area contributed by atoms with Crippen LogP contribution in [0.15, 0.2) is 251 Å². The molecule has 0 saturated carbocycles. The Labute approximate surface area is 585 Å². The van der Waals surface area contributed by atoms with E-state index >= 15 is 0 Å². The van der Waals surface area contributed by atoms with Gasteiger partial charge in [0.25, 0.3) is 0 Å². The molecule has 0 spiro atoms. The number of fused-ring (bicyclic) bond motifs is 2. The van der Waals surface area contributed by atoms with Gasteiger partial charge in [-0.3, -0.25) is 0 Å². The smallest absolute Gasteiger partial charge is 0.343 e. The summed E-state index contributed by atoms with van der Waals surface area (Å²) in [5.41, 5.74) is 13.7. The molecular weight excluding hydrogens is 1250 g/mol. The molecule has 0 heterocycles. The topological polar surface area (TPSA) is 197 Å². The summed E-state index contributed by atoms with van der Waals surface area (Å²) < 4.78 is 33.0. The first kappa shape index (κ1) is 72.7. The van der Waals surface area contributed by atoms with Gasteiger partial charge in [-0.15, -0.1) is 10.2 Å². The highest BCUT2D eigenvalue weighted by Gasteiger charge is 2.14. The molecule has 100 heavy (non-hydrogen) atoms. The Kier molecular flexibility index (Phi) is 27.1. The molecule has 0 aliphatic heterocycles. The quantitative estimate of drug-likeness (QED) is 0.0133. The van der Waals surface area contributed by atoms with Crippen molar-refractivity contribution in [3.8, 4) is 23.0 Å². The monoisotopic (exact) mass is 1340 g/mol. The molecule has 0 aliphatic rings. The number of unbranched alkanes of at least 4 members (excludes halogenated alkanes) is 6. The van der Waals surface area contributed by atoms with Crippen molar-refractivity contribution in [3.05, 3.63) is 275 Å². The Balaban J connectivity index is 0.000000233. The van der Waals surface area contributed by atoms with Crippen molar-refractivity contribution < 1.29 is 47.6 Å². The van der Waals surface area contributed by atoms with Crippen molar-refractivity contribution >= 4 is 79.5 Å². The molecule has 2 N–H and O–H groups in total. The zero-order chi connectivity index (χ0) is 70.6. The molecule has 0 aromatic heterocycles. The normalized spacial score (nSPS) is 11.0. The molecule has 0 unspecified atom stereocenters. The Hall–Kier alpha value is -11.5. The van der Waals surface area contributed by atoms with Crippen molar-refractivity contribution in [2.24, 2.45) is 20.5 Å². The van der Waals surface area contributed by atoms with Crippen molar-refractivity contribution in [1.29, 1.82) is 0 Å². The highest BCUT2D eigenvalue weighted by Crippen LogP contribution is 2.36. The Morgan fingerprint density at radius 2 is 0.690 bits per heavy atom. The third-order valence-corrected chi connectivity index (χ3v) is 16.2. The maximum atomic E-state index is 12.8. The first-order valence-corrected chi connectivity index (χ1v) is 33.8. The largest absolute Gasteiger partial charge is 0.494 e. The zero-order valence-electron chi connectivity index (χ0n) is 57.8. The molecule has 512 valence electrons. The first-order valence-electron chi connectivity index (χ1n) is 33.8. The minimum atomic E-state index is -0.434. The molecule has 0 aliphatic carbocycles. The lowest BCUT2D eigenvalue weighted by atomic mass is 10.1. The predicted octanol–water partition coefficient (Wildman–Crippen LogP) is 21.5. The molecule has 0 bridgehead atoms. The standard InChI is InChI=1S/2C42H43N3O5/c2*1-29(2)41(46)49-26-10-6-5-9-25-48-34-20-16-33(17-21-34)42(47)50-35-18-14-32(15-19-35)28-43-39-23-24-40(37-12-8-7-11-36(37)39)45-44-38-22-13-30(3)27-31(38)4/h2*7-8,11-24,27,43H,1,5-6,9-10,25-26,28H2,2-4H3. The Bertz CT molecular complexity index is 4220. The van der Waals surface area contributed by atoms with Crippen LogP contribution in [-0.4, -0.2) is 50.3 Å². The van der Waals surface area contributed by atoms with E-state index in [0.717, 1.165) is 129 Å². The van der Waals surface area contributed by atoms with Gasteiger partial charge in [0.15, 0.2) is 0 Å². The van der Waals surface area contributed by atoms with Crippen molar-refractivity contribution in [3.63, 3.8) is 0 Å². The number of nitrogens with one attached hydrogen (secondary N) is 2. The van der Waals surface area contributed by atoms with E-state index in [0.29, 0.717) is 84.8 Å². The molecule has 0 fully saturated rings. The summed E-state index contributed by atoms with van der Waals surface area (Å²) in [5.74, 6) is 0.770. The van der Waals surface area contributed by atoms with Crippen LogP contribution in [0.5, 0.6) is 23.0 Å². The fraction of sp³-hybridized carbons (Fsp3) is 0.238. The number of esters is 4. The second-order valence-electron chi connectivity index (χ2n) is 24.5. The van der Waals surface area contributed by atoms with Gasteiger partial charge in [-0.2, -0.15) is 10.2 Å². The van der Waals surface area contributed by atoms with Gasteiger partial charge < -0.3 is 39.1 Å². The fourth-order valence-electron chi connectivity index (χ4n) is 10.6. The van der Waals surface area contributed by atoms with Crippen LogP contribution >= 0.6 is 0 Å². The second kappa shape index (κ2) is 37.3. The number of ether oxygens (including phenoxy) is 6. The number of carbonyl (C=O) groups excluding carboxylic acids is 4. The number of anilines is 2. The van der Waals surface area contributed by atoms with Crippen LogP contribution in [0, 0.1) is 27.7 Å². The molecule has 16 nitrogen and oxygen atoms in total. The Morgan fingerprint density at radius 3 is 1.05 bits per heavy atom. The molecule has 0 atom stereocenters. The van der Waals surface area contributed by atoms with Crippen LogP contribution in [0.4, 0.5) is 34.1 Å². The second-order valence-corrected chi connectivity index (χ2v) is 24.5. The average molecular weight is 1340 g/mol. The molecule has 10 aromatic rings. The van der Waals surface area contributed by atoms with Crippen LogP contribution in [0.1, 0.15) is 119 Å². The number of azo groups is 2.